The summed E-state index contributed by atoms with van der Waals surface area (Å²) in [5.41, 5.74) is 1.61. The number of ether oxygens (including phenoxy) is 5. The molecule has 0 aliphatic carbocycles. The molecule has 1 amide bonds. The van der Waals surface area contributed by atoms with Crippen LogP contribution in [0.1, 0.15) is 85.6 Å². The lowest BCUT2D eigenvalue weighted by atomic mass is 9.80. The molecule has 9 rings (SSSR count). The fraction of sp³-hybridized carbons (Fsp3) is 0.370. The molecule has 3 N–H and O–H groups in total. The zero-order valence-electron chi connectivity index (χ0n) is 41.8. The highest BCUT2D eigenvalue weighted by Crippen LogP contribution is 2.46. The maximum Gasteiger partial charge on any atom is 0.343 e. The number of carbonyl (C=O) groups is 1. The Morgan fingerprint density at radius 3 is 1.99 bits per heavy atom. The van der Waals surface area contributed by atoms with Crippen LogP contribution in [0.4, 0.5) is 5.82 Å². The number of methoxy groups -OCH3 is 2. The highest BCUT2D eigenvalue weighted by molar-refractivity contribution is 6.70. The Morgan fingerprint density at radius 1 is 0.781 bits per heavy atom. The van der Waals surface area contributed by atoms with Crippen LogP contribution in [-0.2, 0) is 28.7 Å². The van der Waals surface area contributed by atoms with Gasteiger partial charge in [-0.1, -0.05) is 100 Å². The third-order valence-electron chi connectivity index (χ3n) is 13.8. The lowest BCUT2D eigenvalue weighted by Gasteiger charge is -2.41. The number of anilines is 1. The van der Waals surface area contributed by atoms with Gasteiger partial charge in [0.15, 0.2) is 17.0 Å². The maximum absolute atomic E-state index is 13.3. The fourth-order valence-corrected chi connectivity index (χ4v) is 13.7. The topological polar surface area (TPSA) is 212 Å². The molecule has 4 aromatic carbocycles. The third kappa shape index (κ3) is 10.3. The number of hydrogen-bond donors (Lipinski definition) is 3. The second kappa shape index (κ2) is 21.7. The molecule has 19 heteroatoms. The molecule has 7 aromatic rings. The summed E-state index contributed by atoms with van der Waals surface area (Å²) in [7, 11) is -0.110. The number of imidazole rings is 1. The van der Waals surface area contributed by atoms with E-state index in [-0.39, 0.29) is 42.4 Å². The minimum Gasteiger partial charge on any atom is -0.497 e. The van der Waals surface area contributed by atoms with Crippen molar-refractivity contribution in [1.82, 2.24) is 29.1 Å². The Balaban J connectivity index is 1.08. The van der Waals surface area contributed by atoms with E-state index in [2.05, 4.69) is 48.0 Å². The Hall–Kier alpha value is -6.84. The molecule has 0 bridgehead atoms. The van der Waals surface area contributed by atoms with Crippen LogP contribution in [-0.4, -0.2) is 100 Å². The number of aryl methyl sites for hydroxylation is 1. The Bertz CT molecular complexity index is 3060. The molecule has 3 aromatic heterocycles. The number of aromatic amines is 1. The number of aromatic nitrogens is 6. The van der Waals surface area contributed by atoms with Gasteiger partial charge in [0.25, 0.3) is 11.5 Å². The van der Waals surface area contributed by atoms with Gasteiger partial charge in [0.1, 0.15) is 48.1 Å². The summed E-state index contributed by atoms with van der Waals surface area (Å²) in [6, 6.07) is 34.5. The number of nitrogens with zero attached hydrogens (tertiary/aromatic N) is 5. The number of amides is 1. The van der Waals surface area contributed by atoms with Gasteiger partial charge in [-0.3, -0.25) is 23.7 Å². The molecule has 0 saturated carbocycles. The van der Waals surface area contributed by atoms with Crippen molar-refractivity contribution in [2.24, 2.45) is 0 Å². The number of fused-ring (bicyclic) bond motifs is 1. The van der Waals surface area contributed by atoms with Gasteiger partial charge in [0.05, 0.1) is 46.0 Å². The average molecular weight is 1010 g/mol. The first-order valence-corrected chi connectivity index (χ1v) is 26.4. The minimum atomic E-state index is -3.37. The number of benzene rings is 4. The summed E-state index contributed by atoms with van der Waals surface area (Å²) in [4.78, 5) is 54.4. The maximum atomic E-state index is 13.3. The Morgan fingerprint density at radius 2 is 1.37 bits per heavy atom. The van der Waals surface area contributed by atoms with Crippen LogP contribution in [0.5, 0.6) is 11.5 Å². The van der Waals surface area contributed by atoms with Crippen molar-refractivity contribution in [2.75, 3.05) is 32.8 Å². The molecule has 0 radical (unpaired) electrons. The van der Waals surface area contributed by atoms with E-state index in [4.69, 9.17) is 37.5 Å². The average Bonchev–Trinajstić information content (AvgIpc) is 4.13. The van der Waals surface area contributed by atoms with E-state index in [1.807, 2.05) is 89.5 Å². The Labute approximate surface area is 423 Å². The van der Waals surface area contributed by atoms with E-state index < -0.39 is 62.3 Å². The number of nitrogens with one attached hydrogen (secondary N) is 2. The highest BCUT2D eigenvalue weighted by Gasteiger charge is 2.52. The van der Waals surface area contributed by atoms with Gasteiger partial charge < -0.3 is 43.0 Å². The van der Waals surface area contributed by atoms with Gasteiger partial charge in [0, 0.05) is 30.2 Å². The van der Waals surface area contributed by atoms with Gasteiger partial charge >= 0.3 is 14.3 Å². The molecule has 5 heterocycles. The predicted octanol–water partition coefficient (Wildman–Crippen LogP) is 7.56. The van der Waals surface area contributed by atoms with Crippen LogP contribution in [0, 0.1) is 6.92 Å². The quantitative estimate of drug-likeness (QED) is 0.0527. The standard InChI is InChI=1S/C54H61N7O11Si/c1-33(2)73(34(3)4,69-30-44-42(62)26-46(70-44)60-28-35(5)51(63)59-53(60)65)72-43-27-47(61-32-57-48-49(55-31-56-50(48)61)58-52(64)36-14-10-8-11-15-36)71-45(43)29-68-54(37-16-12-9-13-17-37,38-18-22-40(66-6)23-19-38)39-20-24-41(67-7)25-21-39/h8-25,28,31-34,42-47,62H,26-27,29-30H2,1-7H3,(H,59,63,65)(H,55,56,58,64)/t42-,43-,44+,45+,46+,47+/m0/s1. The van der Waals surface area contributed by atoms with Crippen molar-refractivity contribution in [3.63, 3.8) is 0 Å². The second-order valence-electron chi connectivity index (χ2n) is 19.0. The van der Waals surface area contributed by atoms with Crippen LogP contribution in [0.2, 0.25) is 11.1 Å². The van der Waals surface area contributed by atoms with E-state index in [0.29, 0.717) is 40.2 Å². The third-order valence-corrected chi connectivity index (χ3v) is 18.3. The van der Waals surface area contributed by atoms with Crippen LogP contribution >= 0.6 is 0 Å². The molecule has 2 aliphatic heterocycles. The van der Waals surface area contributed by atoms with Gasteiger partial charge in [-0.05, 0) is 71.1 Å². The molecular weight excluding hydrogens is 951 g/mol. The number of aliphatic hydroxyl groups is 1. The largest absolute Gasteiger partial charge is 0.497 e. The lowest BCUT2D eigenvalue weighted by molar-refractivity contribution is -0.0959. The first-order valence-electron chi connectivity index (χ1n) is 24.4. The van der Waals surface area contributed by atoms with Crippen LogP contribution in [0.3, 0.4) is 0 Å². The highest BCUT2D eigenvalue weighted by atomic mass is 28.4. The molecule has 2 aliphatic rings. The summed E-state index contributed by atoms with van der Waals surface area (Å²) in [5, 5.41) is 14.3. The van der Waals surface area contributed by atoms with Crippen molar-refractivity contribution in [3.05, 3.63) is 177 Å². The molecule has 2 saturated heterocycles. The first-order chi connectivity index (χ1) is 35.2. The zero-order valence-corrected chi connectivity index (χ0v) is 42.8. The van der Waals surface area contributed by atoms with Crippen molar-refractivity contribution in [3.8, 4) is 11.5 Å². The SMILES string of the molecule is COc1ccc(C(OC[C@H]2O[C@@H](n3cnc4c(NC(=O)c5ccccc5)ncnc43)C[C@@H]2O[Si](OC[C@H]2O[C@@H](n3cc(C)c(=O)[nH]c3=O)C[C@@H]2O)(C(C)C)C(C)C)(c2ccccc2)c2ccc(OC)cc2)cc1. The number of hydrogen-bond acceptors (Lipinski definition) is 14. The van der Waals surface area contributed by atoms with Gasteiger partial charge in [0.2, 0.25) is 0 Å². The van der Waals surface area contributed by atoms with Gasteiger partial charge in [-0.25, -0.2) is 19.7 Å². The van der Waals surface area contributed by atoms with Crippen LogP contribution in [0.25, 0.3) is 11.2 Å². The molecule has 0 spiro atoms. The van der Waals surface area contributed by atoms with Crippen LogP contribution < -0.4 is 26.0 Å². The summed E-state index contributed by atoms with van der Waals surface area (Å²) in [6.07, 6.45) is 0.227. The van der Waals surface area contributed by atoms with Crippen molar-refractivity contribution < 1.29 is 42.4 Å². The Kier molecular flexibility index (Phi) is 15.2. The molecular formula is C54H61N7O11Si. The number of carbonyl (C=O) groups excluding carboxylic acids is 1. The van der Waals surface area contributed by atoms with Crippen molar-refractivity contribution in [2.45, 2.75) is 101 Å². The van der Waals surface area contributed by atoms with E-state index in [9.17, 15) is 19.5 Å². The number of aliphatic hydroxyl groups excluding tert-OH is 1. The second-order valence-corrected chi connectivity index (χ2v) is 23.2. The normalized spacial score (nSPS) is 20.2. The van der Waals surface area contributed by atoms with Crippen LogP contribution in [0.15, 0.2) is 138 Å². The number of H-pyrrole nitrogens is 1. The minimum absolute atomic E-state index is 0.0221. The monoisotopic (exact) mass is 1010 g/mol. The zero-order chi connectivity index (χ0) is 51.4. The first kappa shape index (κ1) is 51.1. The molecule has 18 nitrogen and oxygen atoms in total. The van der Waals surface area contributed by atoms with E-state index in [1.54, 1.807) is 51.7 Å². The summed E-state index contributed by atoms with van der Waals surface area (Å²) in [6.45, 7) is 9.88. The van der Waals surface area contributed by atoms with Gasteiger partial charge in [-0.15, -0.1) is 0 Å². The fourth-order valence-electron chi connectivity index (χ4n) is 9.94. The smallest absolute Gasteiger partial charge is 0.343 e. The molecule has 0 unspecified atom stereocenters. The van der Waals surface area contributed by atoms with E-state index in [1.165, 1.54) is 17.1 Å². The molecule has 73 heavy (non-hydrogen) atoms. The van der Waals surface area contributed by atoms with Crippen molar-refractivity contribution in [1.29, 1.82) is 0 Å². The summed E-state index contributed by atoms with van der Waals surface area (Å²) >= 11 is 0. The summed E-state index contributed by atoms with van der Waals surface area (Å²) in [5.74, 6) is 1.27. The van der Waals surface area contributed by atoms with E-state index in [0.717, 1.165) is 16.7 Å². The van der Waals surface area contributed by atoms with Crippen molar-refractivity contribution >= 4 is 31.4 Å². The predicted molar refractivity (Wildman–Crippen MR) is 274 cm³/mol. The molecule has 6 atom stereocenters. The van der Waals surface area contributed by atoms with E-state index >= 15 is 0 Å². The number of rotatable bonds is 19. The van der Waals surface area contributed by atoms with Gasteiger partial charge in [-0.2, -0.15) is 0 Å². The molecule has 382 valence electrons. The lowest BCUT2D eigenvalue weighted by Crippen LogP contribution is -2.54. The molecule has 2 fully saturated rings. The summed E-state index contributed by atoms with van der Waals surface area (Å²) < 4.78 is 49.8.